The van der Waals surface area contributed by atoms with E-state index in [0.29, 0.717) is 5.69 Å². The van der Waals surface area contributed by atoms with Crippen LogP contribution >= 0.6 is 0 Å². The molecular weight excluding hydrogens is 242 g/mol. The third-order valence-electron chi connectivity index (χ3n) is 2.55. The fourth-order valence-corrected chi connectivity index (χ4v) is 1.67. The number of nitrogens with zero attached hydrogens (tertiary/aromatic N) is 2. The first-order valence-electron chi connectivity index (χ1n) is 5.74. The SMILES string of the molecule is O=C(C=NO)Nc1ccc(Cc2ccncc2)cc1. The van der Waals surface area contributed by atoms with E-state index in [2.05, 4.69) is 15.5 Å². The Hall–Kier alpha value is -2.69. The van der Waals surface area contributed by atoms with E-state index in [1.807, 2.05) is 24.3 Å². The highest BCUT2D eigenvalue weighted by atomic mass is 16.4. The van der Waals surface area contributed by atoms with Crippen LogP contribution in [0.15, 0.2) is 53.9 Å². The van der Waals surface area contributed by atoms with Crippen molar-refractivity contribution in [3.63, 3.8) is 0 Å². The molecule has 0 bridgehead atoms. The van der Waals surface area contributed by atoms with E-state index in [4.69, 9.17) is 5.21 Å². The lowest BCUT2D eigenvalue weighted by atomic mass is 10.1. The van der Waals surface area contributed by atoms with Gasteiger partial charge in [-0.1, -0.05) is 17.3 Å². The smallest absolute Gasteiger partial charge is 0.270 e. The summed E-state index contributed by atoms with van der Waals surface area (Å²) < 4.78 is 0. The number of nitrogens with one attached hydrogen (secondary N) is 1. The van der Waals surface area contributed by atoms with Crippen molar-refractivity contribution in [1.82, 2.24) is 4.98 Å². The molecule has 2 aromatic rings. The fraction of sp³-hybridized carbons (Fsp3) is 0.0714. The lowest BCUT2D eigenvalue weighted by Crippen LogP contribution is -2.12. The molecule has 1 aromatic heterocycles. The molecule has 2 N–H and O–H groups in total. The highest BCUT2D eigenvalue weighted by Gasteiger charge is 2.00. The van der Waals surface area contributed by atoms with Gasteiger partial charge in [-0.3, -0.25) is 9.78 Å². The number of pyridine rings is 1. The molecule has 2 rings (SSSR count). The predicted molar refractivity (Wildman–Crippen MR) is 72.4 cm³/mol. The summed E-state index contributed by atoms with van der Waals surface area (Å²) in [5.74, 6) is -0.468. The molecule has 1 amide bonds. The Balaban J connectivity index is 2.00. The average Bonchev–Trinajstić information content (AvgIpc) is 2.42. The van der Waals surface area contributed by atoms with Gasteiger partial charge in [0.05, 0.1) is 0 Å². The van der Waals surface area contributed by atoms with Crippen molar-refractivity contribution in [1.29, 1.82) is 0 Å². The number of anilines is 1. The van der Waals surface area contributed by atoms with E-state index in [1.165, 1.54) is 5.56 Å². The van der Waals surface area contributed by atoms with Gasteiger partial charge in [-0.05, 0) is 41.8 Å². The van der Waals surface area contributed by atoms with Gasteiger partial charge in [-0.15, -0.1) is 0 Å². The summed E-state index contributed by atoms with van der Waals surface area (Å²) in [7, 11) is 0. The zero-order valence-corrected chi connectivity index (χ0v) is 10.2. The van der Waals surface area contributed by atoms with Gasteiger partial charge >= 0.3 is 0 Å². The molecule has 0 aliphatic rings. The lowest BCUT2D eigenvalue weighted by molar-refractivity contribution is -0.110. The molecular formula is C14H13N3O2. The van der Waals surface area contributed by atoms with Gasteiger partial charge < -0.3 is 10.5 Å². The van der Waals surface area contributed by atoms with E-state index in [1.54, 1.807) is 24.5 Å². The van der Waals surface area contributed by atoms with E-state index in [0.717, 1.165) is 18.2 Å². The van der Waals surface area contributed by atoms with Crippen LogP contribution in [0.5, 0.6) is 0 Å². The van der Waals surface area contributed by atoms with E-state index >= 15 is 0 Å². The molecule has 1 heterocycles. The Bertz CT molecular complexity index is 565. The molecule has 0 aliphatic heterocycles. The molecule has 96 valence electrons. The highest BCUT2D eigenvalue weighted by Crippen LogP contribution is 2.13. The standard InChI is InChI=1S/C14H13N3O2/c18-14(10-16-19)17-13-3-1-11(2-4-13)9-12-5-7-15-8-6-12/h1-8,10,19H,9H2,(H,17,18). The molecule has 0 saturated carbocycles. The highest BCUT2D eigenvalue weighted by molar-refractivity contribution is 6.31. The molecule has 0 spiro atoms. The number of rotatable bonds is 4. The molecule has 19 heavy (non-hydrogen) atoms. The number of benzene rings is 1. The maximum absolute atomic E-state index is 11.2. The minimum atomic E-state index is -0.468. The van der Waals surface area contributed by atoms with E-state index < -0.39 is 5.91 Å². The number of oxime groups is 1. The lowest BCUT2D eigenvalue weighted by Gasteiger charge is -2.04. The van der Waals surface area contributed by atoms with Crippen LogP contribution in [0.25, 0.3) is 0 Å². The number of aromatic nitrogens is 1. The largest absolute Gasteiger partial charge is 0.411 e. The molecule has 0 saturated heterocycles. The molecule has 0 unspecified atom stereocenters. The van der Waals surface area contributed by atoms with Crippen molar-refractivity contribution in [3.05, 3.63) is 59.9 Å². The summed E-state index contributed by atoms with van der Waals surface area (Å²) in [4.78, 5) is 15.1. The predicted octanol–water partition coefficient (Wildman–Crippen LogP) is 2.07. The van der Waals surface area contributed by atoms with Crippen LogP contribution in [0.2, 0.25) is 0 Å². The van der Waals surface area contributed by atoms with E-state index in [-0.39, 0.29) is 0 Å². The third kappa shape index (κ3) is 3.92. The van der Waals surface area contributed by atoms with Crippen molar-refractivity contribution in [2.24, 2.45) is 5.16 Å². The van der Waals surface area contributed by atoms with Crippen LogP contribution in [0.1, 0.15) is 11.1 Å². The summed E-state index contributed by atoms with van der Waals surface area (Å²) in [6, 6.07) is 11.4. The molecule has 5 heteroatoms. The maximum atomic E-state index is 11.2. The molecule has 0 radical (unpaired) electrons. The molecule has 5 nitrogen and oxygen atoms in total. The molecule has 0 aliphatic carbocycles. The van der Waals surface area contributed by atoms with Gasteiger partial charge in [-0.2, -0.15) is 0 Å². The average molecular weight is 255 g/mol. The van der Waals surface area contributed by atoms with Crippen LogP contribution in [0.4, 0.5) is 5.69 Å². The number of carbonyl (C=O) groups is 1. The van der Waals surface area contributed by atoms with Gasteiger partial charge in [0.15, 0.2) is 0 Å². The Labute approximate surface area is 110 Å². The normalized spacial score (nSPS) is 10.5. The summed E-state index contributed by atoms with van der Waals surface area (Å²) in [5, 5.41) is 13.5. The zero-order chi connectivity index (χ0) is 13.5. The zero-order valence-electron chi connectivity index (χ0n) is 10.2. The minimum absolute atomic E-state index is 0.468. The number of hydrogen-bond acceptors (Lipinski definition) is 4. The number of carbonyl (C=O) groups excluding carboxylic acids is 1. The van der Waals surface area contributed by atoms with Gasteiger partial charge in [0.2, 0.25) is 0 Å². The van der Waals surface area contributed by atoms with Gasteiger partial charge in [0.25, 0.3) is 5.91 Å². The summed E-state index contributed by atoms with van der Waals surface area (Å²) in [5.41, 5.74) is 2.97. The first-order valence-corrected chi connectivity index (χ1v) is 5.74. The van der Waals surface area contributed by atoms with Gasteiger partial charge in [-0.25, -0.2) is 0 Å². The Morgan fingerprint density at radius 3 is 2.42 bits per heavy atom. The topological polar surface area (TPSA) is 74.6 Å². The first kappa shape index (κ1) is 12.8. The van der Waals surface area contributed by atoms with Crippen LogP contribution < -0.4 is 5.32 Å². The summed E-state index contributed by atoms with van der Waals surface area (Å²) >= 11 is 0. The maximum Gasteiger partial charge on any atom is 0.270 e. The van der Waals surface area contributed by atoms with E-state index in [9.17, 15) is 4.79 Å². The number of hydrogen-bond donors (Lipinski definition) is 2. The van der Waals surface area contributed by atoms with Crippen molar-refractivity contribution in [2.75, 3.05) is 5.32 Å². The van der Waals surface area contributed by atoms with Crippen molar-refractivity contribution >= 4 is 17.8 Å². The minimum Gasteiger partial charge on any atom is -0.411 e. The summed E-state index contributed by atoms with van der Waals surface area (Å²) in [6.07, 6.45) is 5.15. The Kier molecular flexibility index (Phi) is 4.23. The second-order valence-electron chi connectivity index (χ2n) is 3.96. The quantitative estimate of drug-likeness (QED) is 0.499. The van der Waals surface area contributed by atoms with Crippen molar-refractivity contribution in [3.8, 4) is 0 Å². The van der Waals surface area contributed by atoms with Crippen LogP contribution in [0.3, 0.4) is 0 Å². The second kappa shape index (κ2) is 6.30. The van der Waals surface area contributed by atoms with Gasteiger partial charge in [0.1, 0.15) is 6.21 Å². The van der Waals surface area contributed by atoms with Crippen molar-refractivity contribution < 1.29 is 10.0 Å². The molecule has 0 fully saturated rings. The third-order valence-corrected chi connectivity index (χ3v) is 2.55. The Morgan fingerprint density at radius 2 is 1.79 bits per heavy atom. The molecule has 0 atom stereocenters. The number of amides is 1. The van der Waals surface area contributed by atoms with Crippen LogP contribution in [-0.2, 0) is 11.2 Å². The second-order valence-corrected chi connectivity index (χ2v) is 3.96. The summed E-state index contributed by atoms with van der Waals surface area (Å²) in [6.45, 7) is 0. The Morgan fingerprint density at radius 1 is 1.16 bits per heavy atom. The monoisotopic (exact) mass is 255 g/mol. The van der Waals surface area contributed by atoms with Crippen LogP contribution in [-0.4, -0.2) is 22.3 Å². The molecule has 1 aromatic carbocycles. The van der Waals surface area contributed by atoms with Crippen LogP contribution in [0, 0.1) is 0 Å². The van der Waals surface area contributed by atoms with Gasteiger partial charge in [0, 0.05) is 18.1 Å². The first-order chi connectivity index (χ1) is 9.28. The van der Waals surface area contributed by atoms with Crippen molar-refractivity contribution in [2.45, 2.75) is 6.42 Å². The fourth-order valence-electron chi connectivity index (χ4n) is 1.67.